The monoisotopic (exact) mass is 411 g/mol. The summed E-state index contributed by atoms with van der Waals surface area (Å²) in [6, 6.07) is 13.1. The third kappa shape index (κ3) is 4.08. The largest absolute Gasteiger partial charge is 0.497 e. The van der Waals surface area contributed by atoms with E-state index in [4.69, 9.17) is 14.2 Å². The summed E-state index contributed by atoms with van der Waals surface area (Å²) in [7, 11) is 3.26. The molecule has 0 saturated carbocycles. The van der Waals surface area contributed by atoms with Crippen LogP contribution in [0.5, 0.6) is 17.2 Å². The number of para-hydroxylation sites is 1. The van der Waals surface area contributed by atoms with Crippen molar-refractivity contribution in [2.45, 2.75) is 50.4 Å². The molecule has 3 unspecified atom stereocenters. The maximum Gasteiger partial charge on any atom is 0.239 e. The molecule has 2 aromatic rings. The second-order valence-electron chi connectivity index (χ2n) is 8.40. The van der Waals surface area contributed by atoms with E-state index >= 15 is 0 Å². The Balaban J connectivity index is 1.46. The molecule has 0 aliphatic carbocycles. The van der Waals surface area contributed by atoms with Crippen LogP contribution in [0.4, 0.5) is 0 Å². The number of amides is 1. The number of ether oxygens (including phenoxy) is 3. The van der Waals surface area contributed by atoms with E-state index in [-0.39, 0.29) is 29.6 Å². The summed E-state index contributed by atoms with van der Waals surface area (Å²) >= 11 is 0. The van der Waals surface area contributed by atoms with Gasteiger partial charge in [0, 0.05) is 23.6 Å². The second kappa shape index (κ2) is 8.16. The molecule has 0 radical (unpaired) electrons. The van der Waals surface area contributed by atoms with Crippen molar-refractivity contribution in [3.05, 3.63) is 53.6 Å². The zero-order chi connectivity index (χ0) is 21.3. The highest BCUT2D eigenvalue weighted by Crippen LogP contribution is 2.39. The quantitative estimate of drug-likeness (QED) is 0.702. The summed E-state index contributed by atoms with van der Waals surface area (Å²) in [6.07, 6.45) is 1.33. The van der Waals surface area contributed by atoms with Crippen LogP contribution in [0.25, 0.3) is 0 Å². The van der Waals surface area contributed by atoms with Crippen molar-refractivity contribution < 1.29 is 19.0 Å². The van der Waals surface area contributed by atoms with Crippen LogP contribution in [0.1, 0.15) is 49.9 Å². The van der Waals surface area contributed by atoms with Gasteiger partial charge in [-0.15, -0.1) is 0 Å². The number of hydrogen-bond donors (Lipinski definition) is 3. The van der Waals surface area contributed by atoms with Crippen molar-refractivity contribution in [1.82, 2.24) is 16.2 Å². The Bertz CT molecular complexity index is 930. The third-order valence-corrected chi connectivity index (χ3v) is 5.73. The molecule has 1 fully saturated rings. The molecule has 7 nitrogen and oxygen atoms in total. The molecule has 2 aliphatic heterocycles. The Hall–Kier alpha value is -2.77. The van der Waals surface area contributed by atoms with E-state index in [9.17, 15) is 4.79 Å². The Morgan fingerprint density at radius 2 is 1.90 bits per heavy atom. The fourth-order valence-corrected chi connectivity index (χ4v) is 4.24. The molecule has 0 bridgehead atoms. The molecule has 2 aliphatic rings. The summed E-state index contributed by atoms with van der Waals surface area (Å²) in [4.78, 5) is 13.1. The molecule has 2 aromatic carbocycles. The van der Waals surface area contributed by atoms with Gasteiger partial charge in [-0.2, -0.15) is 0 Å². The van der Waals surface area contributed by atoms with Crippen LogP contribution in [0.15, 0.2) is 42.5 Å². The predicted molar refractivity (Wildman–Crippen MR) is 114 cm³/mol. The second-order valence-corrected chi connectivity index (χ2v) is 8.40. The van der Waals surface area contributed by atoms with Gasteiger partial charge in [-0.05, 0) is 32.4 Å². The van der Waals surface area contributed by atoms with Crippen LogP contribution >= 0.6 is 0 Å². The summed E-state index contributed by atoms with van der Waals surface area (Å²) in [5.41, 5.74) is 8.03. The molecule has 3 atom stereocenters. The van der Waals surface area contributed by atoms with Crippen molar-refractivity contribution in [1.29, 1.82) is 0 Å². The van der Waals surface area contributed by atoms with Crippen molar-refractivity contribution >= 4 is 5.91 Å². The summed E-state index contributed by atoms with van der Waals surface area (Å²) < 4.78 is 16.9. The lowest BCUT2D eigenvalue weighted by molar-refractivity contribution is -0.124. The molecular formula is C23H29N3O4. The van der Waals surface area contributed by atoms with E-state index in [0.717, 1.165) is 28.4 Å². The molecular weight excluding hydrogens is 382 g/mol. The molecule has 2 heterocycles. The third-order valence-electron chi connectivity index (χ3n) is 5.73. The predicted octanol–water partition coefficient (Wildman–Crippen LogP) is 3.03. The Kier molecular flexibility index (Phi) is 5.58. The minimum Gasteiger partial charge on any atom is -0.497 e. The zero-order valence-corrected chi connectivity index (χ0v) is 17.8. The number of hydrogen-bond acceptors (Lipinski definition) is 6. The first kappa shape index (κ1) is 20.5. The van der Waals surface area contributed by atoms with E-state index in [0.29, 0.717) is 12.8 Å². The number of carbonyl (C=O) groups excluding carboxylic acids is 1. The molecule has 4 rings (SSSR count). The summed E-state index contributed by atoms with van der Waals surface area (Å²) in [5.74, 6) is 2.26. The van der Waals surface area contributed by atoms with Gasteiger partial charge in [-0.1, -0.05) is 24.3 Å². The molecule has 3 N–H and O–H groups in total. The maximum absolute atomic E-state index is 13.1. The van der Waals surface area contributed by atoms with Gasteiger partial charge in [0.15, 0.2) is 0 Å². The first-order valence-corrected chi connectivity index (χ1v) is 10.2. The van der Waals surface area contributed by atoms with Gasteiger partial charge in [-0.25, -0.2) is 10.9 Å². The Morgan fingerprint density at radius 1 is 1.10 bits per heavy atom. The number of methoxy groups -OCH3 is 2. The lowest BCUT2D eigenvalue weighted by atomic mass is 9.89. The number of carbonyl (C=O) groups is 1. The lowest BCUT2D eigenvalue weighted by Crippen LogP contribution is -2.47. The number of hydrazine groups is 1. The molecule has 30 heavy (non-hydrogen) atoms. The van der Waals surface area contributed by atoms with E-state index < -0.39 is 0 Å². The van der Waals surface area contributed by atoms with Crippen LogP contribution in [-0.4, -0.2) is 31.8 Å². The molecule has 0 aromatic heterocycles. The van der Waals surface area contributed by atoms with Gasteiger partial charge in [0.05, 0.1) is 26.3 Å². The minimum absolute atomic E-state index is 0.0324. The molecule has 160 valence electrons. The first-order chi connectivity index (χ1) is 14.4. The van der Waals surface area contributed by atoms with Crippen LogP contribution in [-0.2, 0) is 4.79 Å². The average Bonchev–Trinajstić information content (AvgIpc) is 3.22. The smallest absolute Gasteiger partial charge is 0.239 e. The van der Waals surface area contributed by atoms with Gasteiger partial charge < -0.3 is 19.5 Å². The highest BCUT2D eigenvalue weighted by molar-refractivity contribution is 5.82. The van der Waals surface area contributed by atoms with E-state index in [1.165, 1.54) is 0 Å². The van der Waals surface area contributed by atoms with Crippen molar-refractivity contribution in [2.75, 3.05) is 14.2 Å². The van der Waals surface area contributed by atoms with Crippen LogP contribution < -0.4 is 30.4 Å². The van der Waals surface area contributed by atoms with Crippen LogP contribution in [0.2, 0.25) is 0 Å². The van der Waals surface area contributed by atoms with Gasteiger partial charge in [0.2, 0.25) is 5.91 Å². The van der Waals surface area contributed by atoms with Crippen molar-refractivity contribution in [3.63, 3.8) is 0 Å². The SMILES string of the molecule is COc1ccc(C2CC(C(=O)NC3CC(C)(C)Oc4ccccc43)NN2)c(OC)c1. The van der Waals surface area contributed by atoms with E-state index in [1.54, 1.807) is 14.2 Å². The zero-order valence-electron chi connectivity index (χ0n) is 17.8. The number of benzene rings is 2. The topological polar surface area (TPSA) is 80.9 Å². The first-order valence-electron chi connectivity index (χ1n) is 10.2. The van der Waals surface area contributed by atoms with Gasteiger partial charge >= 0.3 is 0 Å². The molecule has 7 heteroatoms. The fourth-order valence-electron chi connectivity index (χ4n) is 4.24. The van der Waals surface area contributed by atoms with E-state index in [1.807, 2.05) is 56.3 Å². The standard InChI is InChI=1S/C23H29N3O4/c1-23(2)13-19(15-7-5-6-8-20(15)30-23)24-22(27)18-12-17(25-26-18)16-10-9-14(28-3)11-21(16)29-4/h5-11,17-19,25-26H,12-13H2,1-4H3,(H,24,27). The van der Waals surface area contributed by atoms with Crippen molar-refractivity contribution in [3.8, 4) is 17.2 Å². The van der Waals surface area contributed by atoms with E-state index in [2.05, 4.69) is 16.2 Å². The number of nitrogens with one attached hydrogen (secondary N) is 3. The number of rotatable bonds is 5. The summed E-state index contributed by atoms with van der Waals surface area (Å²) in [6.45, 7) is 4.09. The highest BCUT2D eigenvalue weighted by atomic mass is 16.5. The summed E-state index contributed by atoms with van der Waals surface area (Å²) in [5, 5.41) is 3.22. The molecule has 1 amide bonds. The number of fused-ring (bicyclic) bond motifs is 1. The normalized spacial score (nSPS) is 24.5. The Morgan fingerprint density at radius 3 is 2.67 bits per heavy atom. The average molecular weight is 412 g/mol. The minimum atomic E-state index is -0.347. The van der Waals surface area contributed by atoms with Gasteiger partial charge in [0.1, 0.15) is 28.9 Å². The highest BCUT2D eigenvalue weighted by Gasteiger charge is 2.37. The maximum atomic E-state index is 13.1. The van der Waals surface area contributed by atoms with Gasteiger partial charge in [-0.3, -0.25) is 4.79 Å². The van der Waals surface area contributed by atoms with Gasteiger partial charge in [0.25, 0.3) is 0 Å². The fraction of sp³-hybridized carbons (Fsp3) is 0.435. The van der Waals surface area contributed by atoms with Crippen LogP contribution in [0.3, 0.4) is 0 Å². The molecule has 1 saturated heterocycles. The Labute approximate surface area is 177 Å². The molecule has 0 spiro atoms. The lowest BCUT2D eigenvalue weighted by Gasteiger charge is -2.38. The van der Waals surface area contributed by atoms with Crippen molar-refractivity contribution in [2.24, 2.45) is 0 Å². The van der Waals surface area contributed by atoms with Crippen LogP contribution in [0, 0.1) is 0 Å².